The zero-order valence-electron chi connectivity index (χ0n) is 17.8. The van der Waals surface area contributed by atoms with E-state index in [4.69, 9.17) is 30.5 Å². The molecule has 1 fully saturated rings. The van der Waals surface area contributed by atoms with Crippen molar-refractivity contribution >= 4 is 50.5 Å². The van der Waals surface area contributed by atoms with Crippen molar-refractivity contribution in [1.29, 1.82) is 0 Å². The van der Waals surface area contributed by atoms with Crippen LogP contribution in [0.2, 0.25) is 5.02 Å². The smallest absolute Gasteiger partial charge is 0.330 e. The Hall–Kier alpha value is -2.76. The van der Waals surface area contributed by atoms with E-state index in [1.165, 1.54) is 25.3 Å². The number of carbonyl (C=O) groups is 1. The highest BCUT2D eigenvalue weighted by atomic mass is 79.9. The number of halogens is 2. The number of fused-ring (bicyclic) bond motifs is 1. The topological polar surface area (TPSA) is 130 Å². The number of nitrogens with one attached hydrogen (secondary N) is 1. The van der Waals surface area contributed by atoms with Crippen molar-refractivity contribution in [2.45, 2.75) is 24.6 Å². The van der Waals surface area contributed by atoms with Gasteiger partial charge in [0.05, 0.1) is 23.0 Å². The number of H-pyrrole nitrogens is 1. The molecule has 1 aromatic heterocycles. The average Bonchev–Trinajstić information content (AvgIpc) is 3.36. The minimum Gasteiger partial charge on any atom is -0.504 e. The summed E-state index contributed by atoms with van der Waals surface area (Å²) in [5, 5.41) is 31.3. The molecule has 0 saturated carbocycles. The molecule has 1 aliphatic rings. The van der Waals surface area contributed by atoms with E-state index in [0.29, 0.717) is 26.2 Å². The van der Waals surface area contributed by atoms with E-state index in [1.54, 1.807) is 24.4 Å². The Morgan fingerprint density at radius 1 is 1.24 bits per heavy atom. The van der Waals surface area contributed by atoms with Crippen LogP contribution in [0.3, 0.4) is 0 Å². The Balaban J connectivity index is 1.36. The van der Waals surface area contributed by atoms with Crippen LogP contribution < -0.4 is 9.47 Å². The summed E-state index contributed by atoms with van der Waals surface area (Å²) in [5.74, 6) is -0.105. The predicted octanol–water partition coefficient (Wildman–Crippen LogP) is 3.38. The number of rotatable bonds is 7. The summed E-state index contributed by atoms with van der Waals surface area (Å²) in [6, 6.07) is 8.18. The van der Waals surface area contributed by atoms with Gasteiger partial charge in [0.2, 0.25) is 6.29 Å². The van der Waals surface area contributed by atoms with Gasteiger partial charge < -0.3 is 39.3 Å². The van der Waals surface area contributed by atoms with Crippen LogP contribution in [0, 0.1) is 0 Å². The normalized spacial score (nSPS) is 22.4. The lowest BCUT2D eigenvalue weighted by Crippen LogP contribution is -2.36. The van der Waals surface area contributed by atoms with Crippen LogP contribution in [-0.2, 0) is 14.3 Å². The SMILES string of the molecule is COc1cc(/C=C/C(=O)OCC2OC(Oc3c[nH]c4ccc(Br)c(Cl)c34)C(O)C2O)ccc1O. The first-order chi connectivity index (χ1) is 16.3. The summed E-state index contributed by atoms with van der Waals surface area (Å²) < 4.78 is 22.2. The van der Waals surface area contributed by atoms with Crippen molar-refractivity contribution < 1.29 is 39.1 Å². The van der Waals surface area contributed by atoms with Crippen molar-refractivity contribution in [1.82, 2.24) is 4.98 Å². The van der Waals surface area contributed by atoms with E-state index in [2.05, 4.69) is 20.9 Å². The maximum Gasteiger partial charge on any atom is 0.330 e. The van der Waals surface area contributed by atoms with Crippen molar-refractivity contribution in [2.24, 2.45) is 0 Å². The van der Waals surface area contributed by atoms with E-state index < -0.39 is 30.6 Å². The van der Waals surface area contributed by atoms with E-state index in [9.17, 15) is 20.1 Å². The summed E-state index contributed by atoms with van der Waals surface area (Å²) in [4.78, 5) is 15.1. The van der Waals surface area contributed by atoms with Crippen molar-refractivity contribution in [2.75, 3.05) is 13.7 Å². The molecule has 4 N–H and O–H groups in total. The number of hydrogen-bond acceptors (Lipinski definition) is 8. The molecule has 4 rings (SSSR count). The lowest BCUT2D eigenvalue weighted by molar-refractivity contribution is -0.148. The molecule has 1 saturated heterocycles. The molecule has 4 unspecified atom stereocenters. The standard InChI is InChI=1S/C23H21BrClNO8/c1-31-15-8-11(2-6-14(15)27)3-7-18(28)32-10-17-21(29)22(30)23(34-17)33-16-9-26-13-5-4-12(24)20(25)19(13)16/h2-9,17,21-23,26-27,29-30H,10H2,1H3/b7-3+. The highest BCUT2D eigenvalue weighted by molar-refractivity contribution is 9.10. The van der Waals surface area contributed by atoms with Gasteiger partial charge in [-0.1, -0.05) is 17.7 Å². The van der Waals surface area contributed by atoms with Crippen LogP contribution in [0.1, 0.15) is 5.56 Å². The van der Waals surface area contributed by atoms with Gasteiger partial charge >= 0.3 is 5.97 Å². The summed E-state index contributed by atoms with van der Waals surface area (Å²) in [6.07, 6.45) is -0.678. The van der Waals surface area contributed by atoms with E-state index in [-0.39, 0.29) is 18.1 Å². The first-order valence-electron chi connectivity index (χ1n) is 10.1. The molecule has 1 aliphatic heterocycles. The third-order valence-electron chi connectivity index (χ3n) is 5.27. The van der Waals surface area contributed by atoms with Gasteiger partial charge in [-0.25, -0.2) is 4.79 Å². The Kier molecular flexibility index (Phi) is 7.34. The van der Waals surface area contributed by atoms with Crippen LogP contribution in [0.25, 0.3) is 17.0 Å². The minimum absolute atomic E-state index is 0.0209. The molecule has 9 nitrogen and oxygen atoms in total. The van der Waals surface area contributed by atoms with Crippen molar-refractivity contribution in [3.05, 3.63) is 57.7 Å². The number of hydrogen-bond donors (Lipinski definition) is 4. The van der Waals surface area contributed by atoms with Crippen LogP contribution in [0.5, 0.6) is 17.2 Å². The molecule has 3 aromatic rings. The van der Waals surface area contributed by atoms with E-state index >= 15 is 0 Å². The number of ether oxygens (including phenoxy) is 4. The fraction of sp³-hybridized carbons (Fsp3) is 0.261. The van der Waals surface area contributed by atoms with Crippen molar-refractivity contribution in [3.8, 4) is 17.2 Å². The second-order valence-electron chi connectivity index (χ2n) is 7.47. The number of phenolic OH excluding ortho intramolecular Hbond substituents is 1. The zero-order chi connectivity index (χ0) is 24.4. The number of aliphatic hydroxyl groups excluding tert-OH is 2. The molecular weight excluding hydrogens is 534 g/mol. The van der Waals surface area contributed by atoms with Crippen molar-refractivity contribution in [3.63, 3.8) is 0 Å². The molecule has 180 valence electrons. The van der Waals surface area contributed by atoms with Crippen LogP contribution in [-0.4, -0.2) is 64.6 Å². The highest BCUT2D eigenvalue weighted by Gasteiger charge is 2.45. The number of carbonyl (C=O) groups excluding carboxylic acids is 1. The molecular formula is C23H21BrClNO8. The molecule has 0 amide bonds. The Bertz CT molecular complexity index is 1230. The number of aromatic hydroxyl groups is 1. The monoisotopic (exact) mass is 553 g/mol. The number of phenols is 1. The number of esters is 1. The minimum atomic E-state index is -1.38. The third-order valence-corrected chi connectivity index (χ3v) is 6.55. The van der Waals surface area contributed by atoms with Crippen LogP contribution in [0.15, 0.2) is 47.1 Å². The zero-order valence-corrected chi connectivity index (χ0v) is 20.1. The molecule has 0 spiro atoms. The van der Waals surface area contributed by atoms with E-state index in [1.807, 2.05) is 6.07 Å². The van der Waals surface area contributed by atoms with Gasteiger partial charge in [-0.05, 0) is 51.8 Å². The van der Waals surface area contributed by atoms with Gasteiger partial charge in [0, 0.05) is 16.7 Å². The number of methoxy groups -OCH3 is 1. The first-order valence-corrected chi connectivity index (χ1v) is 11.3. The third kappa shape index (κ3) is 5.01. The van der Waals surface area contributed by atoms with Gasteiger partial charge in [0.25, 0.3) is 0 Å². The Morgan fingerprint density at radius 3 is 2.79 bits per heavy atom. The number of aromatic amines is 1. The molecule has 4 atom stereocenters. The molecule has 11 heteroatoms. The average molecular weight is 555 g/mol. The lowest BCUT2D eigenvalue weighted by atomic mass is 10.1. The fourth-order valence-corrected chi connectivity index (χ4v) is 4.06. The van der Waals surface area contributed by atoms with Gasteiger partial charge in [0.1, 0.15) is 30.7 Å². The number of aromatic nitrogens is 1. The maximum absolute atomic E-state index is 12.1. The second kappa shape index (κ2) is 10.2. The van der Waals surface area contributed by atoms with Gasteiger partial charge in [-0.3, -0.25) is 0 Å². The molecule has 34 heavy (non-hydrogen) atoms. The highest BCUT2D eigenvalue weighted by Crippen LogP contribution is 2.38. The summed E-state index contributed by atoms with van der Waals surface area (Å²) in [6.45, 7) is -0.305. The van der Waals surface area contributed by atoms with Gasteiger partial charge in [-0.2, -0.15) is 0 Å². The molecule has 0 bridgehead atoms. The quantitative estimate of drug-likeness (QED) is 0.258. The maximum atomic E-state index is 12.1. The number of aliphatic hydroxyl groups is 2. The van der Waals surface area contributed by atoms with E-state index in [0.717, 1.165) is 5.52 Å². The summed E-state index contributed by atoms with van der Waals surface area (Å²) >= 11 is 9.71. The Morgan fingerprint density at radius 2 is 2.03 bits per heavy atom. The molecule has 2 heterocycles. The van der Waals surface area contributed by atoms with Gasteiger partial charge in [-0.15, -0.1) is 0 Å². The van der Waals surface area contributed by atoms with Gasteiger partial charge in [0.15, 0.2) is 11.5 Å². The first kappa shape index (κ1) is 24.4. The summed E-state index contributed by atoms with van der Waals surface area (Å²) in [7, 11) is 1.42. The lowest BCUT2D eigenvalue weighted by Gasteiger charge is -2.16. The summed E-state index contributed by atoms with van der Waals surface area (Å²) in [5.41, 5.74) is 1.33. The molecule has 0 radical (unpaired) electrons. The predicted molar refractivity (Wildman–Crippen MR) is 127 cm³/mol. The second-order valence-corrected chi connectivity index (χ2v) is 8.71. The number of benzene rings is 2. The molecule has 0 aliphatic carbocycles. The van der Waals surface area contributed by atoms with Crippen LogP contribution in [0.4, 0.5) is 0 Å². The largest absolute Gasteiger partial charge is 0.504 e. The Labute approximate surface area is 207 Å². The fourth-order valence-electron chi connectivity index (χ4n) is 3.47. The molecule has 2 aromatic carbocycles. The van der Waals surface area contributed by atoms with Crippen LogP contribution >= 0.6 is 27.5 Å².